The van der Waals surface area contributed by atoms with E-state index in [1.54, 1.807) is 18.1 Å². The Morgan fingerprint density at radius 1 is 1.50 bits per heavy atom. The predicted molar refractivity (Wildman–Crippen MR) is 78.6 cm³/mol. The summed E-state index contributed by atoms with van der Waals surface area (Å²) in [6.45, 7) is 4.08. The van der Waals surface area contributed by atoms with Crippen molar-refractivity contribution in [1.82, 2.24) is 19.5 Å². The molecule has 0 aliphatic rings. The number of nitrogens with zero attached hydrogens (tertiary/aromatic N) is 4. The second kappa shape index (κ2) is 6.67. The quantitative estimate of drug-likeness (QED) is 0.813. The van der Waals surface area contributed by atoms with Gasteiger partial charge in [0.25, 0.3) is 0 Å². The monoisotopic (exact) mass is 295 g/mol. The molecule has 2 aromatic rings. The lowest BCUT2D eigenvalue weighted by Gasteiger charge is -2.13. The number of rotatable bonds is 6. The Bertz CT molecular complexity index is 601. The lowest BCUT2D eigenvalue weighted by Crippen LogP contribution is -2.16. The number of carbonyl (C=O) groups is 1. The second-order valence-corrected chi connectivity index (χ2v) is 5.17. The molecule has 20 heavy (non-hydrogen) atoms. The predicted octanol–water partition coefficient (Wildman–Crippen LogP) is 1.51. The van der Waals surface area contributed by atoms with Crippen LogP contribution < -0.4 is 5.32 Å². The number of amides is 1. The number of thioether (sulfide) groups is 1. The molecule has 0 aliphatic heterocycles. The standard InChI is InChI=1S/C12H17N5O2S/c1-8(19-7-20-3)4-17-6-15-10-11(16-9(2)18)13-5-14-12(10)17/h5-6,8H,4,7H2,1-3H3,(H,13,14,16,18)/t8-/m1/s1. The Balaban J connectivity index is 2.21. The highest BCUT2D eigenvalue weighted by Gasteiger charge is 2.12. The fraction of sp³-hybridized carbons (Fsp3) is 0.500. The fourth-order valence-corrected chi connectivity index (χ4v) is 2.15. The first-order valence-electron chi connectivity index (χ1n) is 6.15. The molecule has 2 aromatic heterocycles. The van der Waals surface area contributed by atoms with E-state index in [0.717, 1.165) is 0 Å². The van der Waals surface area contributed by atoms with Gasteiger partial charge < -0.3 is 14.6 Å². The van der Waals surface area contributed by atoms with Crippen molar-refractivity contribution in [2.75, 3.05) is 17.5 Å². The van der Waals surface area contributed by atoms with E-state index in [1.807, 2.05) is 17.7 Å². The second-order valence-electron chi connectivity index (χ2n) is 4.36. The highest BCUT2D eigenvalue weighted by Crippen LogP contribution is 2.17. The van der Waals surface area contributed by atoms with Crippen LogP contribution in [0, 0.1) is 0 Å². The maximum Gasteiger partial charge on any atom is 0.222 e. The van der Waals surface area contributed by atoms with E-state index in [-0.39, 0.29) is 12.0 Å². The number of hydrogen-bond acceptors (Lipinski definition) is 6. The van der Waals surface area contributed by atoms with E-state index < -0.39 is 0 Å². The van der Waals surface area contributed by atoms with Gasteiger partial charge in [-0.3, -0.25) is 4.79 Å². The first-order chi connectivity index (χ1) is 9.61. The zero-order valence-electron chi connectivity index (χ0n) is 11.7. The summed E-state index contributed by atoms with van der Waals surface area (Å²) >= 11 is 1.64. The van der Waals surface area contributed by atoms with Gasteiger partial charge >= 0.3 is 0 Å². The molecule has 0 spiro atoms. The van der Waals surface area contributed by atoms with E-state index in [0.29, 0.717) is 29.5 Å². The highest BCUT2D eigenvalue weighted by molar-refractivity contribution is 7.98. The van der Waals surface area contributed by atoms with Crippen LogP contribution in [0.25, 0.3) is 11.2 Å². The molecule has 7 nitrogen and oxygen atoms in total. The van der Waals surface area contributed by atoms with Crippen LogP contribution in [0.5, 0.6) is 0 Å². The molecule has 2 rings (SSSR count). The van der Waals surface area contributed by atoms with Crippen LogP contribution in [0.1, 0.15) is 13.8 Å². The van der Waals surface area contributed by atoms with Gasteiger partial charge in [-0.2, -0.15) is 0 Å². The molecule has 1 N–H and O–H groups in total. The van der Waals surface area contributed by atoms with E-state index in [2.05, 4.69) is 20.3 Å². The average molecular weight is 295 g/mol. The van der Waals surface area contributed by atoms with E-state index in [1.165, 1.54) is 13.3 Å². The van der Waals surface area contributed by atoms with Crippen molar-refractivity contribution in [2.45, 2.75) is 26.5 Å². The van der Waals surface area contributed by atoms with Crippen molar-refractivity contribution in [3.05, 3.63) is 12.7 Å². The molecule has 0 fully saturated rings. The maximum absolute atomic E-state index is 11.1. The van der Waals surface area contributed by atoms with Crippen molar-refractivity contribution in [1.29, 1.82) is 0 Å². The van der Waals surface area contributed by atoms with E-state index in [9.17, 15) is 4.79 Å². The maximum atomic E-state index is 11.1. The van der Waals surface area contributed by atoms with Gasteiger partial charge in [0.2, 0.25) is 5.91 Å². The first-order valence-corrected chi connectivity index (χ1v) is 7.55. The molecule has 0 bridgehead atoms. The molecule has 1 atom stereocenters. The number of carbonyl (C=O) groups excluding carboxylic acids is 1. The van der Waals surface area contributed by atoms with Crippen LogP contribution in [-0.4, -0.2) is 43.7 Å². The third-order valence-electron chi connectivity index (χ3n) is 2.62. The van der Waals surface area contributed by atoms with Crippen LogP contribution >= 0.6 is 11.8 Å². The van der Waals surface area contributed by atoms with Gasteiger partial charge in [0.05, 0.1) is 24.9 Å². The highest BCUT2D eigenvalue weighted by atomic mass is 32.2. The lowest BCUT2D eigenvalue weighted by atomic mass is 10.4. The first kappa shape index (κ1) is 14.7. The minimum Gasteiger partial charge on any atom is -0.366 e. The lowest BCUT2D eigenvalue weighted by molar-refractivity contribution is -0.114. The van der Waals surface area contributed by atoms with Crippen LogP contribution in [0.4, 0.5) is 5.82 Å². The molecule has 0 unspecified atom stereocenters. The van der Waals surface area contributed by atoms with Crippen LogP contribution in [-0.2, 0) is 16.1 Å². The minimum absolute atomic E-state index is 0.0547. The summed E-state index contributed by atoms with van der Waals surface area (Å²) in [5.41, 5.74) is 1.27. The summed E-state index contributed by atoms with van der Waals surface area (Å²) in [7, 11) is 0. The summed E-state index contributed by atoms with van der Waals surface area (Å²) in [6.07, 6.45) is 5.15. The minimum atomic E-state index is -0.184. The Morgan fingerprint density at radius 2 is 2.30 bits per heavy atom. The molecule has 1 amide bonds. The number of imidazole rings is 1. The number of anilines is 1. The largest absolute Gasteiger partial charge is 0.366 e. The number of hydrogen-bond donors (Lipinski definition) is 1. The number of nitrogens with one attached hydrogen (secondary N) is 1. The molecule has 108 valence electrons. The van der Waals surface area contributed by atoms with E-state index in [4.69, 9.17) is 4.74 Å². The molecule has 2 heterocycles. The number of ether oxygens (including phenoxy) is 1. The van der Waals surface area contributed by atoms with Crippen LogP contribution in [0.3, 0.4) is 0 Å². The zero-order valence-corrected chi connectivity index (χ0v) is 12.5. The van der Waals surface area contributed by atoms with E-state index >= 15 is 0 Å². The third-order valence-corrected chi connectivity index (χ3v) is 2.99. The Labute approximate surface area is 121 Å². The van der Waals surface area contributed by atoms with Crippen LogP contribution in [0.2, 0.25) is 0 Å². The van der Waals surface area contributed by atoms with Crippen molar-refractivity contribution in [3.8, 4) is 0 Å². The van der Waals surface area contributed by atoms with Gasteiger partial charge in [-0.05, 0) is 13.2 Å². The fourth-order valence-electron chi connectivity index (χ4n) is 1.79. The average Bonchev–Trinajstić information content (AvgIpc) is 2.80. The van der Waals surface area contributed by atoms with Gasteiger partial charge in [0.1, 0.15) is 6.33 Å². The number of aromatic nitrogens is 4. The van der Waals surface area contributed by atoms with Crippen molar-refractivity contribution in [2.24, 2.45) is 0 Å². The van der Waals surface area contributed by atoms with Crippen molar-refractivity contribution in [3.63, 3.8) is 0 Å². The van der Waals surface area contributed by atoms with Gasteiger partial charge in [-0.25, -0.2) is 15.0 Å². The Kier molecular flexibility index (Phi) is 4.91. The SMILES string of the molecule is CSCO[C@H](C)Cn1cnc2c(NC(C)=O)ncnc21. The topological polar surface area (TPSA) is 81.9 Å². The van der Waals surface area contributed by atoms with Gasteiger partial charge in [0, 0.05) is 6.92 Å². The van der Waals surface area contributed by atoms with Crippen molar-refractivity contribution < 1.29 is 9.53 Å². The van der Waals surface area contributed by atoms with Gasteiger partial charge in [-0.1, -0.05) is 0 Å². The molecule has 8 heteroatoms. The summed E-state index contributed by atoms with van der Waals surface area (Å²) in [5, 5.41) is 2.65. The summed E-state index contributed by atoms with van der Waals surface area (Å²) in [6, 6.07) is 0. The van der Waals surface area contributed by atoms with Crippen molar-refractivity contribution >= 4 is 34.7 Å². The number of fused-ring (bicyclic) bond motifs is 1. The van der Waals surface area contributed by atoms with Gasteiger partial charge in [-0.15, -0.1) is 11.8 Å². The van der Waals surface area contributed by atoms with Crippen LogP contribution in [0.15, 0.2) is 12.7 Å². The summed E-state index contributed by atoms with van der Waals surface area (Å²) in [4.78, 5) is 23.7. The van der Waals surface area contributed by atoms with Gasteiger partial charge in [0.15, 0.2) is 17.0 Å². The Morgan fingerprint density at radius 3 is 3.00 bits per heavy atom. The molecular weight excluding hydrogens is 278 g/mol. The molecule has 0 saturated heterocycles. The Hall–Kier alpha value is -1.67. The molecule has 0 radical (unpaired) electrons. The molecule has 0 aliphatic carbocycles. The molecule has 0 aromatic carbocycles. The zero-order chi connectivity index (χ0) is 14.5. The molecular formula is C12H17N5O2S. The third kappa shape index (κ3) is 3.45. The molecule has 0 saturated carbocycles. The smallest absolute Gasteiger partial charge is 0.222 e. The summed E-state index contributed by atoms with van der Waals surface area (Å²) in [5.74, 6) is 0.898. The normalized spacial score (nSPS) is 12.6. The summed E-state index contributed by atoms with van der Waals surface area (Å²) < 4.78 is 7.51.